The summed E-state index contributed by atoms with van der Waals surface area (Å²) in [7, 11) is 0. The van der Waals surface area contributed by atoms with Crippen LogP contribution in [0.3, 0.4) is 0 Å². The van der Waals surface area contributed by atoms with Gasteiger partial charge in [-0.2, -0.15) is 10.2 Å². The maximum absolute atomic E-state index is 11.1. The van der Waals surface area contributed by atoms with Crippen LogP contribution in [0, 0.1) is 18.3 Å². The molecule has 114 valence electrons. The number of rotatable bonds is 3. The minimum Gasteiger partial charge on any atom is -0.477 e. The highest BCUT2D eigenvalue weighted by molar-refractivity contribution is 5.96. The van der Waals surface area contributed by atoms with Crippen LogP contribution in [0.5, 0.6) is 5.88 Å². The predicted molar refractivity (Wildman–Crippen MR) is 81.5 cm³/mol. The van der Waals surface area contributed by atoms with Gasteiger partial charge in [0.25, 0.3) is 0 Å². The number of aryl methyl sites for hydroxylation is 1. The summed E-state index contributed by atoms with van der Waals surface area (Å²) in [4.78, 5) is 15.5. The first-order valence-corrected chi connectivity index (χ1v) is 6.74. The highest BCUT2D eigenvalue weighted by Crippen LogP contribution is 2.27. The molecule has 0 aliphatic heterocycles. The van der Waals surface area contributed by atoms with Gasteiger partial charge in [-0.1, -0.05) is 6.07 Å². The lowest BCUT2D eigenvalue weighted by molar-refractivity contribution is -0.132. The molecule has 1 N–H and O–H groups in total. The molecule has 0 aromatic carbocycles. The van der Waals surface area contributed by atoms with Crippen molar-refractivity contribution in [3.8, 4) is 11.9 Å². The van der Waals surface area contributed by atoms with Gasteiger partial charge in [0.05, 0.1) is 0 Å². The number of hydrogen-bond donors (Lipinski definition) is 1. The van der Waals surface area contributed by atoms with Crippen molar-refractivity contribution in [2.75, 3.05) is 0 Å². The Bertz CT molecular complexity index is 804. The van der Waals surface area contributed by atoms with Crippen LogP contribution in [0.15, 0.2) is 23.9 Å². The summed E-state index contributed by atoms with van der Waals surface area (Å²) >= 11 is 0. The van der Waals surface area contributed by atoms with E-state index in [0.717, 1.165) is 5.56 Å². The molecule has 0 saturated carbocycles. The third-order valence-electron chi connectivity index (χ3n) is 2.88. The van der Waals surface area contributed by atoms with Crippen LogP contribution in [-0.2, 0) is 4.79 Å². The second kappa shape index (κ2) is 5.53. The van der Waals surface area contributed by atoms with Crippen molar-refractivity contribution in [3.05, 3.63) is 35.2 Å². The fraction of sp³-hybridized carbons (Fsp3) is 0.312. The monoisotopic (exact) mass is 299 g/mol. The lowest BCUT2D eigenvalue weighted by Crippen LogP contribution is -2.23. The van der Waals surface area contributed by atoms with Crippen LogP contribution in [0.4, 0.5) is 0 Å². The summed E-state index contributed by atoms with van der Waals surface area (Å²) in [6.45, 7) is 7.53. The van der Waals surface area contributed by atoms with Gasteiger partial charge in [-0.25, -0.2) is 4.79 Å². The standard InChI is InChI=1S/C16H17N3O3/c1-10-6-5-7-19-12(8-11(9-17)15(20)21)14(18-13(10)19)22-16(2,3)4/h5-8H,1-4H3,(H,20,21). The number of carboxylic acid groups (broad SMARTS) is 1. The minimum atomic E-state index is -1.29. The molecule has 0 fully saturated rings. The predicted octanol–water partition coefficient (Wildman–Crippen LogP) is 2.81. The fourth-order valence-electron chi connectivity index (χ4n) is 1.98. The number of aliphatic carboxylic acids is 1. The van der Waals surface area contributed by atoms with Gasteiger partial charge in [0.2, 0.25) is 5.88 Å². The van der Waals surface area contributed by atoms with Crippen molar-refractivity contribution in [1.82, 2.24) is 9.38 Å². The summed E-state index contributed by atoms with van der Waals surface area (Å²) in [5, 5.41) is 18.0. The number of imidazole rings is 1. The Kier molecular flexibility index (Phi) is 3.91. The highest BCUT2D eigenvalue weighted by atomic mass is 16.5. The molecular formula is C16H17N3O3. The number of carbonyl (C=O) groups is 1. The summed E-state index contributed by atoms with van der Waals surface area (Å²) in [5.41, 5.74) is 1.16. The van der Waals surface area contributed by atoms with E-state index in [0.29, 0.717) is 17.2 Å². The first-order chi connectivity index (χ1) is 10.2. The van der Waals surface area contributed by atoms with Gasteiger partial charge in [-0.05, 0) is 45.4 Å². The van der Waals surface area contributed by atoms with Crippen LogP contribution in [0.1, 0.15) is 32.0 Å². The molecule has 0 bridgehead atoms. The second-order valence-electron chi connectivity index (χ2n) is 5.88. The molecule has 22 heavy (non-hydrogen) atoms. The van der Waals surface area contributed by atoms with Crippen LogP contribution in [0.25, 0.3) is 11.7 Å². The summed E-state index contributed by atoms with van der Waals surface area (Å²) in [6, 6.07) is 5.40. The van der Waals surface area contributed by atoms with E-state index < -0.39 is 11.6 Å². The molecule has 6 nitrogen and oxygen atoms in total. The largest absolute Gasteiger partial charge is 0.477 e. The zero-order valence-electron chi connectivity index (χ0n) is 12.9. The van der Waals surface area contributed by atoms with E-state index in [9.17, 15) is 4.79 Å². The lowest BCUT2D eigenvalue weighted by Gasteiger charge is -2.19. The van der Waals surface area contributed by atoms with E-state index in [1.54, 1.807) is 16.7 Å². The van der Waals surface area contributed by atoms with E-state index in [4.69, 9.17) is 15.1 Å². The SMILES string of the molecule is Cc1cccn2c(C=C(C#N)C(=O)O)c(OC(C)(C)C)nc12. The van der Waals surface area contributed by atoms with Crippen molar-refractivity contribution in [1.29, 1.82) is 5.26 Å². The number of aromatic nitrogens is 2. The van der Waals surface area contributed by atoms with Gasteiger partial charge in [-0.15, -0.1) is 0 Å². The number of ether oxygens (including phenoxy) is 1. The van der Waals surface area contributed by atoms with Gasteiger partial charge in [-0.3, -0.25) is 4.40 Å². The molecule has 2 rings (SSSR count). The topological polar surface area (TPSA) is 87.6 Å². The van der Waals surface area contributed by atoms with Crippen molar-refractivity contribution >= 4 is 17.7 Å². The molecule has 0 saturated heterocycles. The summed E-state index contributed by atoms with van der Waals surface area (Å²) < 4.78 is 7.54. The maximum atomic E-state index is 11.1. The number of nitrogens with zero attached hydrogens (tertiary/aromatic N) is 3. The molecule has 2 aromatic rings. The minimum absolute atomic E-state index is 0.302. The van der Waals surface area contributed by atoms with Crippen LogP contribution < -0.4 is 4.74 Å². The Morgan fingerprint density at radius 1 is 1.50 bits per heavy atom. The second-order valence-corrected chi connectivity index (χ2v) is 5.88. The molecule has 0 amide bonds. The van der Waals surface area contributed by atoms with Gasteiger partial charge in [0, 0.05) is 6.20 Å². The van der Waals surface area contributed by atoms with E-state index >= 15 is 0 Å². The Morgan fingerprint density at radius 2 is 2.18 bits per heavy atom. The molecule has 0 radical (unpaired) electrons. The zero-order chi connectivity index (χ0) is 16.5. The van der Waals surface area contributed by atoms with Crippen molar-refractivity contribution in [2.24, 2.45) is 0 Å². The molecular weight excluding hydrogens is 282 g/mol. The molecule has 2 aromatic heterocycles. The molecule has 2 heterocycles. The molecule has 6 heteroatoms. The Labute approximate surface area is 128 Å². The van der Waals surface area contributed by atoms with Crippen molar-refractivity contribution in [2.45, 2.75) is 33.3 Å². The first-order valence-electron chi connectivity index (χ1n) is 6.74. The number of hydrogen-bond acceptors (Lipinski definition) is 4. The Morgan fingerprint density at radius 3 is 2.73 bits per heavy atom. The molecule has 0 aliphatic rings. The van der Waals surface area contributed by atoms with Crippen LogP contribution in [0.2, 0.25) is 0 Å². The van der Waals surface area contributed by atoms with E-state index in [-0.39, 0.29) is 5.57 Å². The van der Waals surface area contributed by atoms with Gasteiger partial charge in [0.1, 0.15) is 28.6 Å². The number of pyridine rings is 1. The smallest absolute Gasteiger partial charge is 0.346 e. The quantitative estimate of drug-likeness (QED) is 0.695. The molecule has 0 unspecified atom stereocenters. The Balaban J connectivity index is 2.74. The van der Waals surface area contributed by atoms with Gasteiger partial charge in [0.15, 0.2) is 0 Å². The number of nitriles is 1. The van der Waals surface area contributed by atoms with Crippen LogP contribution >= 0.6 is 0 Å². The fourth-order valence-corrected chi connectivity index (χ4v) is 1.98. The van der Waals surface area contributed by atoms with Crippen LogP contribution in [-0.4, -0.2) is 26.1 Å². The maximum Gasteiger partial charge on any atom is 0.346 e. The van der Waals surface area contributed by atoms with Crippen molar-refractivity contribution in [3.63, 3.8) is 0 Å². The van der Waals surface area contributed by atoms with Gasteiger partial charge < -0.3 is 9.84 Å². The lowest BCUT2D eigenvalue weighted by atomic mass is 10.2. The summed E-state index contributed by atoms with van der Waals surface area (Å²) in [5.74, 6) is -0.984. The third kappa shape index (κ3) is 3.09. The number of carboxylic acids is 1. The highest BCUT2D eigenvalue weighted by Gasteiger charge is 2.21. The third-order valence-corrected chi connectivity index (χ3v) is 2.88. The molecule has 0 spiro atoms. The van der Waals surface area contributed by atoms with E-state index in [1.807, 2.05) is 39.8 Å². The van der Waals surface area contributed by atoms with Crippen molar-refractivity contribution < 1.29 is 14.6 Å². The summed E-state index contributed by atoms with van der Waals surface area (Å²) in [6.07, 6.45) is 3.04. The Hall–Kier alpha value is -2.81. The molecule has 0 aliphatic carbocycles. The zero-order valence-corrected chi connectivity index (χ0v) is 12.9. The van der Waals surface area contributed by atoms with E-state index in [1.165, 1.54) is 6.08 Å². The van der Waals surface area contributed by atoms with E-state index in [2.05, 4.69) is 4.98 Å². The normalized spacial score (nSPS) is 12.2. The van der Waals surface area contributed by atoms with Gasteiger partial charge >= 0.3 is 5.97 Å². The molecule has 0 atom stereocenters. The average Bonchev–Trinajstić information content (AvgIpc) is 2.72. The number of fused-ring (bicyclic) bond motifs is 1. The average molecular weight is 299 g/mol. The first kappa shape index (κ1) is 15.6.